The van der Waals surface area contributed by atoms with Crippen molar-refractivity contribution in [2.75, 3.05) is 7.05 Å². The molecule has 2 aromatic rings. The molecule has 1 aromatic heterocycles. The third kappa shape index (κ3) is 3.19. The zero-order valence-electron chi connectivity index (χ0n) is 11.7. The van der Waals surface area contributed by atoms with Crippen LogP contribution in [-0.2, 0) is 13.0 Å². The Bertz CT molecular complexity index is 586. The van der Waals surface area contributed by atoms with Crippen LogP contribution in [0.5, 0.6) is 0 Å². The lowest BCUT2D eigenvalue weighted by Gasteiger charge is -2.23. The molecule has 1 heterocycles. The molecule has 4 nitrogen and oxygen atoms in total. The second-order valence-corrected chi connectivity index (χ2v) is 4.72. The lowest BCUT2D eigenvalue weighted by atomic mass is 10.1. The summed E-state index contributed by atoms with van der Waals surface area (Å²) in [6.07, 6.45) is 0.714. The maximum atomic E-state index is 13.2. The Labute approximate surface area is 116 Å². The summed E-state index contributed by atoms with van der Waals surface area (Å²) in [4.78, 5) is 6.15. The highest BCUT2D eigenvalue weighted by molar-refractivity contribution is 5.20. The van der Waals surface area contributed by atoms with Gasteiger partial charge in [0.2, 0.25) is 5.89 Å². The summed E-state index contributed by atoms with van der Waals surface area (Å²) in [5.74, 6) is -0.505. The Kier molecular flexibility index (Phi) is 4.44. The fraction of sp³-hybridized carbons (Fsp3) is 0.429. The molecule has 0 saturated heterocycles. The molecule has 0 aliphatic rings. The van der Waals surface area contributed by atoms with Crippen molar-refractivity contribution in [2.24, 2.45) is 0 Å². The molecule has 1 aromatic carbocycles. The van der Waals surface area contributed by atoms with Crippen molar-refractivity contribution in [3.63, 3.8) is 0 Å². The lowest BCUT2D eigenvalue weighted by molar-refractivity contribution is 0.216. The molecule has 108 valence electrons. The average Bonchev–Trinajstić information content (AvgIpc) is 2.88. The first-order valence-corrected chi connectivity index (χ1v) is 6.48. The standard InChI is InChI=1S/C14H17F2N3O/c1-4-13-17-14(20-18-13)8-19(3)9(2)10-5-6-11(15)12(16)7-10/h5-7,9H,4,8H2,1-3H3/t9-/m0/s1. The van der Waals surface area contributed by atoms with E-state index in [1.807, 2.05) is 25.8 Å². The smallest absolute Gasteiger partial charge is 0.240 e. The number of aryl methyl sites for hydroxylation is 1. The molecule has 0 radical (unpaired) electrons. The van der Waals surface area contributed by atoms with Gasteiger partial charge in [-0.1, -0.05) is 18.1 Å². The third-order valence-electron chi connectivity index (χ3n) is 3.30. The number of aromatic nitrogens is 2. The number of rotatable bonds is 5. The van der Waals surface area contributed by atoms with E-state index >= 15 is 0 Å². The highest BCUT2D eigenvalue weighted by Crippen LogP contribution is 2.22. The fourth-order valence-electron chi connectivity index (χ4n) is 1.87. The van der Waals surface area contributed by atoms with E-state index in [-0.39, 0.29) is 6.04 Å². The largest absolute Gasteiger partial charge is 0.338 e. The molecular weight excluding hydrogens is 264 g/mol. The van der Waals surface area contributed by atoms with Crippen LogP contribution >= 0.6 is 0 Å². The van der Waals surface area contributed by atoms with Crippen LogP contribution < -0.4 is 0 Å². The minimum absolute atomic E-state index is 0.0953. The highest BCUT2D eigenvalue weighted by Gasteiger charge is 2.16. The zero-order valence-corrected chi connectivity index (χ0v) is 11.7. The molecule has 0 N–H and O–H groups in total. The Morgan fingerprint density at radius 2 is 2.05 bits per heavy atom. The summed E-state index contributed by atoms with van der Waals surface area (Å²) < 4.78 is 31.3. The van der Waals surface area contributed by atoms with Crippen molar-refractivity contribution in [1.82, 2.24) is 15.0 Å². The molecule has 0 amide bonds. The molecule has 0 bridgehead atoms. The monoisotopic (exact) mass is 281 g/mol. The molecule has 2 rings (SSSR count). The van der Waals surface area contributed by atoms with Gasteiger partial charge in [0.25, 0.3) is 0 Å². The summed E-state index contributed by atoms with van der Waals surface area (Å²) in [7, 11) is 1.86. The van der Waals surface area contributed by atoms with Gasteiger partial charge in [-0.15, -0.1) is 0 Å². The van der Waals surface area contributed by atoms with Crippen LogP contribution in [0.15, 0.2) is 22.7 Å². The maximum Gasteiger partial charge on any atom is 0.240 e. The van der Waals surface area contributed by atoms with Gasteiger partial charge in [0.05, 0.1) is 6.54 Å². The van der Waals surface area contributed by atoms with E-state index in [1.54, 1.807) is 6.07 Å². The van der Waals surface area contributed by atoms with Gasteiger partial charge in [-0.2, -0.15) is 4.98 Å². The van der Waals surface area contributed by atoms with Crippen LogP contribution in [0.2, 0.25) is 0 Å². The second kappa shape index (κ2) is 6.09. The number of hydrogen-bond acceptors (Lipinski definition) is 4. The Morgan fingerprint density at radius 3 is 2.65 bits per heavy atom. The average molecular weight is 281 g/mol. The Hall–Kier alpha value is -1.82. The molecule has 0 aliphatic heterocycles. The minimum Gasteiger partial charge on any atom is -0.338 e. The highest BCUT2D eigenvalue weighted by atomic mass is 19.2. The summed E-state index contributed by atoms with van der Waals surface area (Å²) >= 11 is 0. The topological polar surface area (TPSA) is 42.2 Å². The van der Waals surface area contributed by atoms with Gasteiger partial charge in [-0.3, -0.25) is 4.90 Å². The van der Waals surface area contributed by atoms with Gasteiger partial charge in [0.15, 0.2) is 17.5 Å². The molecule has 0 spiro atoms. The first-order chi connectivity index (χ1) is 9.51. The lowest BCUT2D eigenvalue weighted by Crippen LogP contribution is -2.22. The van der Waals surface area contributed by atoms with Gasteiger partial charge in [-0.25, -0.2) is 8.78 Å². The van der Waals surface area contributed by atoms with Crippen molar-refractivity contribution in [3.05, 3.63) is 47.1 Å². The number of halogens is 2. The minimum atomic E-state index is -0.840. The summed E-state index contributed by atoms with van der Waals surface area (Å²) in [5.41, 5.74) is 0.696. The van der Waals surface area contributed by atoms with Crippen molar-refractivity contribution in [2.45, 2.75) is 32.9 Å². The quantitative estimate of drug-likeness (QED) is 0.844. The van der Waals surface area contributed by atoms with Gasteiger partial charge in [-0.05, 0) is 31.7 Å². The molecule has 0 aliphatic carbocycles. The van der Waals surface area contributed by atoms with E-state index in [9.17, 15) is 8.78 Å². The Balaban J connectivity index is 2.07. The van der Waals surface area contributed by atoms with E-state index in [2.05, 4.69) is 10.1 Å². The first kappa shape index (κ1) is 14.6. The van der Waals surface area contributed by atoms with Crippen molar-refractivity contribution in [3.8, 4) is 0 Å². The van der Waals surface area contributed by atoms with Crippen LogP contribution in [0.4, 0.5) is 8.78 Å². The zero-order chi connectivity index (χ0) is 14.7. The van der Waals surface area contributed by atoms with E-state index in [0.717, 1.165) is 6.07 Å². The fourth-order valence-corrected chi connectivity index (χ4v) is 1.87. The van der Waals surface area contributed by atoms with Gasteiger partial charge in [0.1, 0.15) is 0 Å². The van der Waals surface area contributed by atoms with E-state index < -0.39 is 11.6 Å². The first-order valence-electron chi connectivity index (χ1n) is 6.48. The molecular formula is C14H17F2N3O. The summed E-state index contributed by atoms with van der Waals surface area (Å²) in [5, 5.41) is 3.82. The van der Waals surface area contributed by atoms with Crippen LogP contribution in [0.25, 0.3) is 0 Å². The molecule has 0 fully saturated rings. The van der Waals surface area contributed by atoms with E-state index in [0.29, 0.717) is 30.2 Å². The normalized spacial score (nSPS) is 12.9. The van der Waals surface area contributed by atoms with Crippen LogP contribution in [0.1, 0.15) is 37.2 Å². The number of hydrogen-bond donors (Lipinski definition) is 0. The van der Waals surface area contributed by atoms with Gasteiger partial charge < -0.3 is 4.52 Å². The van der Waals surface area contributed by atoms with Crippen LogP contribution in [0, 0.1) is 11.6 Å². The molecule has 6 heteroatoms. The molecule has 1 atom stereocenters. The summed E-state index contributed by atoms with van der Waals surface area (Å²) in [6.45, 7) is 4.30. The summed E-state index contributed by atoms with van der Waals surface area (Å²) in [6, 6.07) is 3.82. The van der Waals surface area contributed by atoms with Crippen molar-refractivity contribution >= 4 is 0 Å². The molecule has 0 unspecified atom stereocenters. The maximum absolute atomic E-state index is 13.2. The molecule has 20 heavy (non-hydrogen) atoms. The predicted molar refractivity (Wildman–Crippen MR) is 69.9 cm³/mol. The number of benzene rings is 1. The van der Waals surface area contributed by atoms with Crippen molar-refractivity contribution in [1.29, 1.82) is 0 Å². The Morgan fingerprint density at radius 1 is 1.30 bits per heavy atom. The predicted octanol–water partition coefficient (Wildman–Crippen LogP) is 3.10. The van der Waals surface area contributed by atoms with E-state index in [1.165, 1.54) is 6.07 Å². The van der Waals surface area contributed by atoms with Crippen LogP contribution in [0.3, 0.4) is 0 Å². The van der Waals surface area contributed by atoms with Crippen molar-refractivity contribution < 1.29 is 13.3 Å². The van der Waals surface area contributed by atoms with Gasteiger partial charge in [0, 0.05) is 12.5 Å². The van der Waals surface area contributed by atoms with E-state index in [4.69, 9.17) is 4.52 Å². The number of nitrogens with zero attached hydrogens (tertiary/aromatic N) is 3. The van der Waals surface area contributed by atoms with Gasteiger partial charge >= 0.3 is 0 Å². The van der Waals surface area contributed by atoms with Crippen LogP contribution in [-0.4, -0.2) is 22.1 Å². The molecule has 0 saturated carbocycles. The second-order valence-electron chi connectivity index (χ2n) is 4.72. The third-order valence-corrected chi connectivity index (χ3v) is 3.30. The SMILES string of the molecule is CCc1noc(CN(C)[C@@H](C)c2ccc(F)c(F)c2)n1.